The highest BCUT2D eigenvalue weighted by molar-refractivity contribution is 6.35. The predicted octanol–water partition coefficient (Wildman–Crippen LogP) is 6.08. The third-order valence-electron chi connectivity index (χ3n) is 4.58. The average Bonchev–Trinajstić information content (AvgIpc) is 2.75. The zero-order valence-electron chi connectivity index (χ0n) is 16.6. The number of non-ortho nitro benzene ring substituents is 1. The number of rotatable bonds is 6. The van der Waals surface area contributed by atoms with Crippen LogP contribution in [0.25, 0.3) is 0 Å². The summed E-state index contributed by atoms with van der Waals surface area (Å²) in [7, 11) is 1.61. The van der Waals surface area contributed by atoms with E-state index < -0.39 is 10.8 Å². The third-order valence-corrected chi connectivity index (χ3v) is 5.48. The number of hydrogen-bond donors (Lipinski definition) is 1. The van der Waals surface area contributed by atoms with Crippen LogP contribution in [0.3, 0.4) is 0 Å². The fraction of sp³-hybridized carbons (Fsp3) is 0.0909. The molecule has 0 saturated carbocycles. The zero-order chi connectivity index (χ0) is 23.4. The zero-order valence-corrected chi connectivity index (χ0v) is 18.9. The van der Waals surface area contributed by atoms with Crippen molar-refractivity contribution in [1.82, 2.24) is 4.90 Å². The molecule has 32 heavy (non-hydrogen) atoms. The molecular weight excluding hydrogens is 477 g/mol. The summed E-state index contributed by atoms with van der Waals surface area (Å²) in [6, 6.07) is 15.0. The SMILES string of the molecule is CN(Cc1ccc(Cl)cc1Cl)C(=O)c1ccccc1NC(=O)c1ccc([N+](=O)[O-])cc1Cl. The first-order chi connectivity index (χ1) is 15.2. The van der Waals surface area contributed by atoms with Crippen molar-refractivity contribution in [3.8, 4) is 0 Å². The van der Waals surface area contributed by atoms with E-state index >= 15 is 0 Å². The van der Waals surface area contributed by atoms with Crippen molar-refractivity contribution < 1.29 is 14.5 Å². The Labute approximate surface area is 198 Å². The molecule has 0 bridgehead atoms. The van der Waals surface area contributed by atoms with Gasteiger partial charge >= 0.3 is 0 Å². The topological polar surface area (TPSA) is 92.6 Å². The summed E-state index contributed by atoms with van der Waals surface area (Å²) in [4.78, 5) is 37.5. The number of carbonyl (C=O) groups is 2. The Bertz CT molecular complexity index is 1220. The largest absolute Gasteiger partial charge is 0.337 e. The van der Waals surface area contributed by atoms with Crippen LogP contribution < -0.4 is 5.32 Å². The minimum Gasteiger partial charge on any atom is -0.337 e. The third kappa shape index (κ3) is 5.37. The summed E-state index contributed by atoms with van der Waals surface area (Å²) in [5.41, 5.74) is 1.05. The Morgan fingerprint density at radius 3 is 2.34 bits per heavy atom. The van der Waals surface area contributed by atoms with Gasteiger partial charge in [-0.05, 0) is 35.9 Å². The molecule has 3 aromatic rings. The van der Waals surface area contributed by atoms with Crippen LogP contribution in [0.4, 0.5) is 11.4 Å². The lowest BCUT2D eigenvalue weighted by atomic mass is 10.1. The van der Waals surface area contributed by atoms with Crippen LogP contribution in [-0.2, 0) is 6.54 Å². The summed E-state index contributed by atoms with van der Waals surface area (Å²) in [6.45, 7) is 0.227. The highest BCUT2D eigenvalue weighted by atomic mass is 35.5. The molecule has 0 aliphatic carbocycles. The van der Waals surface area contributed by atoms with E-state index in [1.165, 1.54) is 17.0 Å². The van der Waals surface area contributed by atoms with Crippen molar-refractivity contribution in [1.29, 1.82) is 0 Å². The lowest BCUT2D eigenvalue weighted by Gasteiger charge is -2.20. The van der Waals surface area contributed by atoms with Gasteiger partial charge in [-0.25, -0.2) is 0 Å². The number of nitro groups is 1. The molecule has 0 heterocycles. The van der Waals surface area contributed by atoms with Crippen LogP contribution in [0.5, 0.6) is 0 Å². The van der Waals surface area contributed by atoms with Crippen molar-refractivity contribution in [3.05, 3.63) is 103 Å². The monoisotopic (exact) mass is 491 g/mol. The van der Waals surface area contributed by atoms with E-state index in [0.29, 0.717) is 15.6 Å². The van der Waals surface area contributed by atoms with Crippen molar-refractivity contribution in [2.24, 2.45) is 0 Å². The van der Waals surface area contributed by atoms with Gasteiger partial charge in [0.05, 0.1) is 26.8 Å². The van der Waals surface area contributed by atoms with Gasteiger partial charge in [-0.2, -0.15) is 0 Å². The molecule has 0 unspecified atom stereocenters. The number of benzene rings is 3. The van der Waals surface area contributed by atoms with Crippen molar-refractivity contribution in [2.75, 3.05) is 12.4 Å². The Kier molecular flexibility index (Phi) is 7.35. The predicted molar refractivity (Wildman–Crippen MR) is 125 cm³/mol. The Balaban J connectivity index is 1.81. The van der Waals surface area contributed by atoms with Crippen LogP contribution in [0, 0.1) is 10.1 Å². The standard InChI is InChI=1S/C22H16Cl3N3O4/c1-27(12-13-6-7-14(23)10-18(13)24)22(30)17-4-2-3-5-20(17)26-21(29)16-9-8-15(28(31)32)11-19(16)25/h2-11H,12H2,1H3,(H,26,29). The van der Waals surface area contributed by atoms with Gasteiger partial charge in [0.1, 0.15) is 0 Å². The highest BCUT2D eigenvalue weighted by Crippen LogP contribution is 2.26. The molecule has 0 aromatic heterocycles. The lowest BCUT2D eigenvalue weighted by Crippen LogP contribution is -2.27. The minimum absolute atomic E-state index is 0.0424. The summed E-state index contributed by atoms with van der Waals surface area (Å²) in [5.74, 6) is -0.949. The molecule has 0 saturated heterocycles. The molecule has 164 valence electrons. The van der Waals surface area contributed by atoms with Gasteiger partial charge in [-0.15, -0.1) is 0 Å². The van der Waals surface area contributed by atoms with E-state index in [2.05, 4.69) is 5.32 Å². The minimum atomic E-state index is -0.607. The van der Waals surface area contributed by atoms with Crippen molar-refractivity contribution in [3.63, 3.8) is 0 Å². The lowest BCUT2D eigenvalue weighted by molar-refractivity contribution is -0.384. The Hall–Kier alpha value is -3.13. The van der Waals surface area contributed by atoms with Gasteiger partial charge in [-0.3, -0.25) is 19.7 Å². The van der Waals surface area contributed by atoms with Crippen LogP contribution >= 0.6 is 34.8 Å². The van der Waals surface area contributed by atoms with Gasteiger partial charge < -0.3 is 10.2 Å². The molecule has 0 fully saturated rings. The second-order valence-corrected chi connectivity index (χ2v) is 8.07. The van der Waals surface area contributed by atoms with Crippen molar-refractivity contribution in [2.45, 2.75) is 6.54 Å². The van der Waals surface area contributed by atoms with Crippen molar-refractivity contribution >= 4 is 58.0 Å². The van der Waals surface area contributed by atoms with Gasteiger partial charge in [0.2, 0.25) is 0 Å². The number of halogens is 3. The highest BCUT2D eigenvalue weighted by Gasteiger charge is 2.20. The Morgan fingerprint density at radius 1 is 0.969 bits per heavy atom. The fourth-order valence-corrected chi connectivity index (χ4v) is 3.68. The van der Waals surface area contributed by atoms with Gasteiger partial charge in [0.15, 0.2) is 0 Å². The molecule has 1 N–H and O–H groups in total. The van der Waals surface area contributed by atoms with Crippen LogP contribution in [0.1, 0.15) is 26.3 Å². The second kappa shape index (κ2) is 9.99. The molecular formula is C22H16Cl3N3O4. The van der Waals surface area contributed by atoms with E-state index in [1.54, 1.807) is 49.5 Å². The smallest absolute Gasteiger partial charge is 0.270 e. The summed E-state index contributed by atoms with van der Waals surface area (Å²) >= 11 is 18.2. The van der Waals surface area contributed by atoms with Gasteiger partial charge in [-0.1, -0.05) is 53.0 Å². The summed E-state index contributed by atoms with van der Waals surface area (Å²) in [5, 5.41) is 14.4. The van der Waals surface area contributed by atoms with Crippen LogP contribution in [-0.4, -0.2) is 28.7 Å². The fourth-order valence-electron chi connectivity index (χ4n) is 2.95. The molecule has 0 aliphatic rings. The number of nitro benzene ring substituents is 1. The molecule has 3 aromatic carbocycles. The number of para-hydroxylation sites is 1. The van der Waals surface area contributed by atoms with Gasteiger partial charge in [0, 0.05) is 35.8 Å². The molecule has 0 spiro atoms. The normalized spacial score (nSPS) is 10.5. The van der Waals surface area contributed by atoms with E-state index in [1.807, 2.05) is 0 Å². The number of hydrogen-bond acceptors (Lipinski definition) is 4. The van der Waals surface area contributed by atoms with Crippen LogP contribution in [0.15, 0.2) is 60.7 Å². The number of anilines is 1. The van der Waals surface area contributed by atoms with Gasteiger partial charge in [0.25, 0.3) is 17.5 Å². The molecule has 7 nitrogen and oxygen atoms in total. The van der Waals surface area contributed by atoms with E-state index in [0.717, 1.165) is 6.07 Å². The van der Waals surface area contributed by atoms with E-state index in [-0.39, 0.29) is 40.0 Å². The van der Waals surface area contributed by atoms with Crippen LogP contribution in [0.2, 0.25) is 15.1 Å². The molecule has 0 aliphatic heterocycles. The van der Waals surface area contributed by atoms with E-state index in [9.17, 15) is 19.7 Å². The maximum Gasteiger partial charge on any atom is 0.270 e. The maximum absolute atomic E-state index is 13.1. The first kappa shape index (κ1) is 23.5. The number of carbonyl (C=O) groups excluding carboxylic acids is 2. The molecule has 10 heteroatoms. The number of nitrogens with one attached hydrogen (secondary N) is 1. The molecule has 2 amide bonds. The first-order valence-electron chi connectivity index (χ1n) is 9.21. The van der Waals surface area contributed by atoms with E-state index in [4.69, 9.17) is 34.8 Å². The Morgan fingerprint density at radius 2 is 1.69 bits per heavy atom. The molecule has 3 rings (SSSR count). The maximum atomic E-state index is 13.1. The quantitative estimate of drug-likeness (QED) is 0.333. The second-order valence-electron chi connectivity index (χ2n) is 6.82. The average molecular weight is 493 g/mol. The number of nitrogens with zero attached hydrogens (tertiary/aromatic N) is 2. The summed E-state index contributed by atoms with van der Waals surface area (Å²) in [6.07, 6.45) is 0. The summed E-state index contributed by atoms with van der Waals surface area (Å²) < 4.78 is 0. The molecule has 0 atom stereocenters. The molecule has 0 radical (unpaired) electrons. The first-order valence-corrected chi connectivity index (χ1v) is 10.3. The number of amides is 2.